The number of rotatable bonds is 3. The Kier molecular flexibility index (Phi) is 3.79. The molecule has 0 bridgehead atoms. The molecule has 0 aromatic heterocycles. The van der Waals surface area contributed by atoms with Crippen LogP contribution in [0.1, 0.15) is 26.7 Å². The summed E-state index contributed by atoms with van der Waals surface area (Å²) in [5.74, 6) is 0.205. The molecule has 0 aliphatic carbocycles. The van der Waals surface area contributed by atoms with Gasteiger partial charge in [-0.3, -0.25) is 4.55 Å². The minimum Gasteiger partial charge on any atom is -0.306 e. The van der Waals surface area contributed by atoms with Crippen molar-refractivity contribution in [1.29, 1.82) is 0 Å². The van der Waals surface area contributed by atoms with Crippen molar-refractivity contribution >= 4 is 10.1 Å². The second-order valence-corrected chi connectivity index (χ2v) is 6.77. The van der Waals surface area contributed by atoms with Crippen LogP contribution in [-0.4, -0.2) is 43.8 Å². The lowest BCUT2D eigenvalue weighted by molar-refractivity contribution is 0.118. The van der Waals surface area contributed by atoms with E-state index in [0.29, 0.717) is 5.92 Å². The third-order valence-corrected chi connectivity index (χ3v) is 4.39. The molecule has 1 aliphatic heterocycles. The largest absolute Gasteiger partial charge is 0.306 e. The van der Waals surface area contributed by atoms with Gasteiger partial charge in [0.15, 0.2) is 0 Å². The van der Waals surface area contributed by atoms with E-state index in [1.807, 2.05) is 13.8 Å². The minimum absolute atomic E-state index is 0.140. The van der Waals surface area contributed by atoms with Gasteiger partial charge in [0.05, 0.1) is 5.75 Å². The standard InChI is InChI=1S/C10H21NO3S/c1-10(2,8-15(12,13)14)9-5-4-6-11(3)7-9/h9H,4-8H2,1-3H3,(H,12,13,14). The van der Waals surface area contributed by atoms with Crippen LogP contribution < -0.4 is 0 Å². The van der Waals surface area contributed by atoms with Crippen molar-refractivity contribution in [1.82, 2.24) is 4.90 Å². The van der Waals surface area contributed by atoms with Crippen molar-refractivity contribution < 1.29 is 13.0 Å². The number of hydrogen-bond donors (Lipinski definition) is 1. The van der Waals surface area contributed by atoms with Gasteiger partial charge in [-0.25, -0.2) is 0 Å². The summed E-state index contributed by atoms with van der Waals surface area (Å²) in [6, 6.07) is 0. The summed E-state index contributed by atoms with van der Waals surface area (Å²) in [7, 11) is -1.82. The van der Waals surface area contributed by atoms with Crippen molar-refractivity contribution in [2.24, 2.45) is 11.3 Å². The Hall–Kier alpha value is -0.130. The molecular formula is C10H21NO3S. The molecule has 1 heterocycles. The molecule has 1 rings (SSSR count). The normalized spacial score (nSPS) is 25.5. The molecule has 0 aromatic rings. The Bertz CT molecular complexity index is 311. The van der Waals surface area contributed by atoms with Crippen molar-refractivity contribution in [3.63, 3.8) is 0 Å². The van der Waals surface area contributed by atoms with Crippen LogP contribution in [0.25, 0.3) is 0 Å². The van der Waals surface area contributed by atoms with E-state index < -0.39 is 10.1 Å². The van der Waals surface area contributed by atoms with Crippen LogP contribution in [0.2, 0.25) is 0 Å². The molecule has 0 radical (unpaired) electrons. The van der Waals surface area contributed by atoms with Crippen LogP contribution >= 0.6 is 0 Å². The Labute approximate surface area is 92.4 Å². The molecule has 90 valence electrons. The van der Waals surface area contributed by atoms with Gasteiger partial charge >= 0.3 is 0 Å². The summed E-state index contributed by atoms with van der Waals surface area (Å²) in [5.41, 5.74) is -0.345. The minimum atomic E-state index is -3.87. The van der Waals surface area contributed by atoms with Gasteiger partial charge in [0.1, 0.15) is 0 Å². The summed E-state index contributed by atoms with van der Waals surface area (Å²) >= 11 is 0. The average molecular weight is 235 g/mol. The summed E-state index contributed by atoms with van der Waals surface area (Å²) in [6.07, 6.45) is 2.16. The van der Waals surface area contributed by atoms with Gasteiger partial charge in [-0.1, -0.05) is 13.8 Å². The van der Waals surface area contributed by atoms with Crippen LogP contribution in [0.5, 0.6) is 0 Å². The van der Waals surface area contributed by atoms with Crippen molar-refractivity contribution in [3.05, 3.63) is 0 Å². The molecule has 1 fully saturated rings. The molecule has 0 saturated carbocycles. The van der Waals surface area contributed by atoms with Crippen molar-refractivity contribution in [3.8, 4) is 0 Å². The highest BCUT2D eigenvalue weighted by atomic mass is 32.2. The number of piperidine rings is 1. The Morgan fingerprint density at radius 3 is 2.53 bits per heavy atom. The summed E-state index contributed by atoms with van der Waals surface area (Å²) in [4.78, 5) is 2.22. The predicted molar refractivity (Wildman–Crippen MR) is 60.4 cm³/mol. The van der Waals surface area contributed by atoms with Gasteiger partial charge in [-0.15, -0.1) is 0 Å². The van der Waals surface area contributed by atoms with E-state index in [9.17, 15) is 8.42 Å². The van der Waals surface area contributed by atoms with Crippen LogP contribution in [0, 0.1) is 11.3 Å². The van der Waals surface area contributed by atoms with Crippen molar-refractivity contribution in [2.75, 3.05) is 25.9 Å². The first kappa shape index (κ1) is 12.9. The molecular weight excluding hydrogens is 214 g/mol. The number of likely N-dealkylation sites (tertiary alicyclic amines) is 1. The third-order valence-electron chi connectivity index (χ3n) is 3.28. The molecule has 0 amide bonds. The molecule has 1 aliphatic rings. The lowest BCUT2D eigenvalue weighted by Crippen LogP contribution is -2.42. The summed E-state index contributed by atoms with van der Waals surface area (Å²) < 4.78 is 30.7. The first-order valence-corrected chi connectivity index (χ1v) is 6.95. The zero-order valence-corrected chi connectivity index (χ0v) is 10.5. The lowest BCUT2D eigenvalue weighted by atomic mass is 9.76. The predicted octanol–water partition coefficient (Wildman–Crippen LogP) is 1.24. The monoisotopic (exact) mass is 235 g/mol. The molecule has 5 heteroatoms. The molecule has 0 spiro atoms. The molecule has 1 N–H and O–H groups in total. The second-order valence-electron chi connectivity index (χ2n) is 5.32. The maximum Gasteiger partial charge on any atom is 0.265 e. The Morgan fingerprint density at radius 2 is 2.07 bits per heavy atom. The highest BCUT2D eigenvalue weighted by Gasteiger charge is 2.35. The van der Waals surface area contributed by atoms with E-state index in [4.69, 9.17) is 4.55 Å². The molecule has 1 unspecified atom stereocenters. The van der Waals surface area contributed by atoms with E-state index in [0.717, 1.165) is 25.9 Å². The number of hydrogen-bond acceptors (Lipinski definition) is 3. The van der Waals surface area contributed by atoms with E-state index in [1.54, 1.807) is 0 Å². The van der Waals surface area contributed by atoms with Gasteiger partial charge in [-0.2, -0.15) is 8.42 Å². The molecule has 0 aromatic carbocycles. The highest BCUT2D eigenvalue weighted by molar-refractivity contribution is 7.85. The topological polar surface area (TPSA) is 57.6 Å². The molecule has 1 saturated heterocycles. The fraction of sp³-hybridized carbons (Fsp3) is 1.00. The fourth-order valence-corrected chi connectivity index (χ4v) is 3.57. The van der Waals surface area contributed by atoms with Gasteiger partial charge in [-0.05, 0) is 37.8 Å². The van der Waals surface area contributed by atoms with Crippen LogP contribution in [-0.2, 0) is 10.1 Å². The third kappa shape index (κ3) is 4.09. The quantitative estimate of drug-likeness (QED) is 0.748. The first-order valence-electron chi connectivity index (χ1n) is 5.34. The second kappa shape index (κ2) is 4.39. The van der Waals surface area contributed by atoms with Gasteiger partial charge in [0, 0.05) is 6.54 Å². The van der Waals surface area contributed by atoms with Crippen LogP contribution in [0.15, 0.2) is 0 Å². The van der Waals surface area contributed by atoms with E-state index in [1.165, 1.54) is 0 Å². The van der Waals surface area contributed by atoms with Gasteiger partial charge in [0.2, 0.25) is 0 Å². The Balaban J connectivity index is 2.67. The molecule has 4 nitrogen and oxygen atoms in total. The smallest absolute Gasteiger partial charge is 0.265 e. The highest BCUT2D eigenvalue weighted by Crippen LogP contribution is 2.34. The summed E-state index contributed by atoms with van der Waals surface area (Å²) in [6.45, 7) is 5.84. The zero-order chi connectivity index (χ0) is 11.7. The number of nitrogens with zero attached hydrogens (tertiary/aromatic N) is 1. The first-order chi connectivity index (χ1) is 6.71. The van der Waals surface area contributed by atoms with E-state index in [-0.39, 0.29) is 11.2 Å². The fourth-order valence-electron chi connectivity index (χ4n) is 2.39. The van der Waals surface area contributed by atoms with Crippen LogP contribution in [0.3, 0.4) is 0 Å². The van der Waals surface area contributed by atoms with Gasteiger partial charge < -0.3 is 4.90 Å². The molecule has 15 heavy (non-hydrogen) atoms. The van der Waals surface area contributed by atoms with Gasteiger partial charge in [0.25, 0.3) is 10.1 Å². The average Bonchev–Trinajstić information content (AvgIpc) is 1.99. The lowest BCUT2D eigenvalue weighted by Gasteiger charge is -2.39. The van der Waals surface area contributed by atoms with E-state index in [2.05, 4.69) is 11.9 Å². The zero-order valence-electron chi connectivity index (χ0n) is 9.73. The van der Waals surface area contributed by atoms with Crippen molar-refractivity contribution in [2.45, 2.75) is 26.7 Å². The van der Waals surface area contributed by atoms with E-state index >= 15 is 0 Å². The maximum absolute atomic E-state index is 10.9. The Morgan fingerprint density at radius 1 is 1.47 bits per heavy atom. The van der Waals surface area contributed by atoms with Crippen LogP contribution in [0.4, 0.5) is 0 Å². The SMILES string of the molecule is CN1CCCC(C(C)(C)CS(=O)(=O)O)C1. The maximum atomic E-state index is 10.9. The molecule has 1 atom stereocenters. The summed E-state index contributed by atoms with van der Waals surface area (Å²) in [5, 5.41) is 0.